The summed E-state index contributed by atoms with van der Waals surface area (Å²) in [6, 6.07) is 5.76. The predicted molar refractivity (Wildman–Crippen MR) is 72.5 cm³/mol. The summed E-state index contributed by atoms with van der Waals surface area (Å²) in [7, 11) is 0. The lowest BCUT2D eigenvalue weighted by molar-refractivity contribution is -0.385. The van der Waals surface area contributed by atoms with E-state index in [0.29, 0.717) is 5.75 Å². The number of nitrogens with zero attached hydrogens (tertiary/aromatic N) is 1. The number of nitro benzene ring substituents is 1. The molecular formula is C13H13N3O5. The first-order chi connectivity index (χ1) is 10.0. The van der Waals surface area contributed by atoms with E-state index in [1.54, 1.807) is 13.0 Å². The Morgan fingerprint density at radius 1 is 1.48 bits per heavy atom. The second-order valence-corrected chi connectivity index (χ2v) is 4.23. The maximum Gasteiger partial charge on any atom is 0.273 e. The number of ether oxygens (including phenoxy) is 1. The minimum atomic E-state index is -0.507. The average molecular weight is 291 g/mol. The van der Waals surface area contributed by atoms with Gasteiger partial charge in [0.15, 0.2) is 5.76 Å². The second-order valence-electron chi connectivity index (χ2n) is 4.23. The van der Waals surface area contributed by atoms with Crippen LogP contribution in [0.4, 0.5) is 5.69 Å². The van der Waals surface area contributed by atoms with Gasteiger partial charge in [-0.2, -0.15) is 0 Å². The van der Waals surface area contributed by atoms with Crippen LogP contribution in [-0.4, -0.2) is 10.8 Å². The van der Waals surface area contributed by atoms with E-state index in [0.717, 1.165) is 5.56 Å². The predicted octanol–water partition coefficient (Wildman–Crippen LogP) is 1.68. The van der Waals surface area contributed by atoms with Crippen molar-refractivity contribution in [1.29, 1.82) is 0 Å². The minimum Gasteiger partial charge on any atom is -0.485 e. The lowest BCUT2D eigenvalue weighted by atomic mass is 10.2. The Hall–Kier alpha value is -2.87. The van der Waals surface area contributed by atoms with Crippen LogP contribution in [0.25, 0.3) is 0 Å². The van der Waals surface area contributed by atoms with E-state index in [1.165, 1.54) is 24.5 Å². The van der Waals surface area contributed by atoms with Crippen molar-refractivity contribution in [1.82, 2.24) is 5.43 Å². The van der Waals surface area contributed by atoms with Crippen LogP contribution in [0.3, 0.4) is 0 Å². The molecule has 0 radical (unpaired) electrons. The number of rotatable bonds is 5. The highest BCUT2D eigenvalue weighted by Gasteiger charge is 2.15. The molecule has 1 aromatic carbocycles. The molecule has 21 heavy (non-hydrogen) atoms. The molecule has 0 bridgehead atoms. The van der Waals surface area contributed by atoms with Crippen molar-refractivity contribution in [2.75, 3.05) is 0 Å². The fourth-order valence-corrected chi connectivity index (χ4v) is 1.73. The van der Waals surface area contributed by atoms with Crippen molar-refractivity contribution in [2.24, 2.45) is 5.84 Å². The van der Waals surface area contributed by atoms with Crippen LogP contribution in [0.1, 0.15) is 21.7 Å². The molecule has 0 saturated carbocycles. The van der Waals surface area contributed by atoms with Gasteiger partial charge in [-0.05, 0) is 24.6 Å². The quantitative estimate of drug-likeness (QED) is 0.374. The molecule has 0 saturated heterocycles. The summed E-state index contributed by atoms with van der Waals surface area (Å²) in [6.45, 7) is 1.71. The third-order valence-electron chi connectivity index (χ3n) is 2.86. The SMILES string of the molecule is Cc1ccc([N+](=O)[O-])cc1OCc1occc1C(=O)NN. The Morgan fingerprint density at radius 3 is 2.90 bits per heavy atom. The number of nitro groups is 1. The number of hydrazine groups is 1. The van der Waals surface area contributed by atoms with Crippen LogP contribution in [0.5, 0.6) is 5.75 Å². The van der Waals surface area contributed by atoms with Gasteiger partial charge in [0.25, 0.3) is 11.6 Å². The van der Waals surface area contributed by atoms with Crippen LogP contribution in [0, 0.1) is 17.0 Å². The summed E-state index contributed by atoms with van der Waals surface area (Å²) in [5, 5.41) is 10.7. The molecule has 1 amide bonds. The van der Waals surface area contributed by atoms with Gasteiger partial charge in [0.1, 0.15) is 12.4 Å². The van der Waals surface area contributed by atoms with Gasteiger partial charge >= 0.3 is 0 Å². The molecule has 2 aromatic rings. The lowest BCUT2D eigenvalue weighted by Gasteiger charge is -2.08. The van der Waals surface area contributed by atoms with Gasteiger partial charge in [0.2, 0.25) is 0 Å². The van der Waals surface area contributed by atoms with Crippen molar-refractivity contribution in [3.05, 3.63) is 57.5 Å². The maximum atomic E-state index is 11.5. The maximum absolute atomic E-state index is 11.5. The highest BCUT2D eigenvalue weighted by Crippen LogP contribution is 2.25. The third kappa shape index (κ3) is 3.18. The first-order valence-corrected chi connectivity index (χ1v) is 5.98. The summed E-state index contributed by atoms with van der Waals surface area (Å²) >= 11 is 0. The topological polar surface area (TPSA) is 121 Å². The molecule has 8 nitrogen and oxygen atoms in total. The number of carbonyl (C=O) groups is 1. The summed E-state index contributed by atoms with van der Waals surface area (Å²) in [5.74, 6) is 5.19. The number of aryl methyl sites for hydroxylation is 1. The molecule has 1 aromatic heterocycles. The Kier molecular flexibility index (Phi) is 4.19. The highest BCUT2D eigenvalue weighted by atomic mass is 16.6. The van der Waals surface area contributed by atoms with E-state index >= 15 is 0 Å². The monoisotopic (exact) mass is 291 g/mol. The summed E-state index contributed by atoms with van der Waals surface area (Å²) in [6.07, 6.45) is 1.34. The molecule has 1 heterocycles. The first-order valence-electron chi connectivity index (χ1n) is 5.98. The number of hydrogen-bond donors (Lipinski definition) is 2. The van der Waals surface area contributed by atoms with Crippen LogP contribution in [0.2, 0.25) is 0 Å². The van der Waals surface area contributed by atoms with Crippen LogP contribution >= 0.6 is 0 Å². The second kappa shape index (κ2) is 6.06. The molecule has 0 spiro atoms. The smallest absolute Gasteiger partial charge is 0.273 e. The van der Waals surface area contributed by atoms with Gasteiger partial charge < -0.3 is 9.15 Å². The molecule has 2 rings (SSSR count). The molecule has 8 heteroatoms. The van der Waals surface area contributed by atoms with Gasteiger partial charge in [-0.1, -0.05) is 0 Å². The summed E-state index contributed by atoms with van der Waals surface area (Å²) in [5.41, 5.74) is 2.91. The Labute approximate surface area is 119 Å². The zero-order chi connectivity index (χ0) is 15.4. The normalized spacial score (nSPS) is 10.2. The molecule has 0 fully saturated rings. The average Bonchev–Trinajstić information content (AvgIpc) is 2.93. The van der Waals surface area contributed by atoms with E-state index in [-0.39, 0.29) is 23.6 Å². The van der Waals surface area contributed by atoms with Crippen molar-refractivity contribution in [2.45, 2.75) is 13.5 Å². The number of furan rings is 1. The van der Waals surface area contributed by atoms with Gasteiger partial charge in [-0.15, -0.1) is 0 Å². The van der Waals surface area contributed by atoms with Crippen LogP contribution in [0.15, 0.2) is 34.9 Å². The van der Waals surface area contributed by atoms with Crippen molar-refractivity contribution >= 4 is 11.6 Å². The number of nitrogens with two attached hydrogens (primary N) is 1. The van der Waals surface area contributed by atoms with Gasteiger partial charge in [0, 0.05) is 6.07 Å². The number of nitrogens with one attached hydrogen (secondary N) is 1. The van der Waals surface area contributed by atoms with Crippen molar-refractivity contribution in [3.63, 3.8) is 0 Å². The largest absolute Gasteiger partial charge is 0.485 e. The van der Waals surface area contributed by atoms with E-state index in [1.807, 2.05) is 5.43 Å². The number of nitrogen functional groups attached to an aromatic ring is 1. The summed E-state index contributed by atoms with van der Waals surface area (Å²) in [4.78, 5) is 21.7. The number of carbonyl (C=O) groups excluding carboxylic acids is 1. The van der Waals surface area contributed by atoms with E-state index in [2.05, 4.69) is 0 Å². The molecule has 0 aliphatic carbocycles. The fraction of sp³-hybridized carbons (Fsp3) is 0.154. The van der Waals surface area contributed by atoms with E-state index in [9.17, 15) is 14.9 Å². The molecule has 0 atom stereocenters. The number of hydrogen-bond acceptors (Lipinski definition) is 6. The molecule has 110 valence electrons. The molecule has 0 aliphatic rings. The Bertz CT molecular complexity index is 680. The number of amides is 1. The standard InChI is InChI=1S/C13H13N3O5/c1-8-2-3-9(16(18)19)6-11(8)21-7-12-10(4-5-20-12)13(17)15-14/h2-6H,7,14H2,1H3,(H,15,17). The van der Waals surface area contributed by atoms with Crippen molar-refractivity contribution < 1.29 is 18.9 Å². The van der Waals surface area contributed by atoms with Gasteiger partial charge in [0.05, 0.1) is 22.8 Å². The highest BCUT2D eigenvalue weighted by molar-refractivity contribution is 5.94. The van der Waals surface area contributed by atoms with Crippen molar-refractivity contribution in [3.8, 4) is 5.75 Å². The molecule has 0 unspecified atom stereocenters. The van der Waals surface area contributed by atoms with Crippen LogP contribution < -0.4 is 16.0 Å². The lowest BCUT2D eigenvalue weighted by Crippen LogP contribution is -2.30. The van der Waals surface area contributed by atoms with Gasteiger partial charge in [-0.25, -0.2) is 5.84 Å². The van der Waals surface area contributed by atoms with Gasteiger partial charge in [-0.3, -0.25) is 20.3 Å². The number of benzene rings is 1. The third-order valence-corrected chi connectivity index (χ3v) is 2.86. The molecule has 3 N–H and O–H groups in total. The van der Waals surface area contributed by atoms with E-state index in [4.69, 9.17) is 15.0 Å². The zero-order valence-corrected chi connectivity index (χ0v) is 11.2. The van der Waals surface area contributed by atoms with E-state index < -0.39 is 10.8 Å². The Balaban J connectivity index is 2.17. The minimum absolute atomic E-state index is 0.0439. The molecular weight excluding hydrogens is 278 g/mol. The first kappa shape index (κ1) is 14.5. The zero-order valence-electron chi connectivity index (χ0n) is 11.2. The summed E-state index contributed by atoms with van der Waals surface area (Å²) < 4.78 is 10.6. The Morgan fingerprint density at radius 2 is 2.24 bits per heavy atom. The van der Waals surface area contributed by atoms with Crippen LogP contribution in [-0.2, 0) is 6.61 Å². The molecule has 0 aliphatic heterocycles. The number of non-ortho nitro benzene ring substituents is 1. The fourth-order valence-electron chi connectivity index (χ4n) is 1.73.